The molecule has 1 saturated heterocycles. The molecule has 1 atom stereocenters. The van der Waals surface area contributed by atoms with E-state index in [1.54, 1.807) is 18.5 Å². The first-order valence-electron chi connectivity index (χ1n) is 6.28. The van der Waals surface area contributed by atoms with Crippen LogP contribution in [0.15, 0.2) is 30.6 Å². The van der Waals surface area contributed by atoms with Gasteiger partial charge in [-0.05, 0) is 24.1 Å². The molecular formula is C13H15FN4O. The number of hydrogen-bond donors (Lipinski definition) is 1. The van der Waals surface area contributed by atoms with Crippen LogP contribution in [0.25, 0.3) is 5.69 Å². The maximum atomic E-state index is 13.7. The van der Waals surface area contributed by atoms with E-state index in [1.165, 1.54) is 10.9 Å². The van der Waals surface area contributed by atoms with Crippen LogP contribution in [-0.2, 0) is 11.2 Å². The van der Waals surface area contributed by atoms with Crippen molar-refractivity contribution in [1.29, 1.82) is 0 Å². The monoisotopic (exact) mass is 262 g/mol. The summed E-state index contributed by atoms with van der Waals surface area (Å²) in [5, 5.41) is 11.4. The summed E-state index contributed by atoms with van der Waals surface area (Å²) in [5.74, 6) is -0.276. The van der Waals surface area contributed by atoms with E-state index >= 15 is 0 Å². The summed E-state index contributed by atoms with van der Waals surface area (Å²) in [4.78, 5) is 1.41. The van der Waals surface area contributed by atoms with E-state index in [-0.39, 0.29) is 11.9 Å². The van der Waals surface area contributed by atoms with E-state index in [9.17, 15) is 4.39 Å². The van der Waals surface area contributed by atoms with Gasteiger partial charge in [0.2, 0.25) is 0 Å². The Morgan fingerprint density at radius 3 is 2.89 bits per heavy atom. The predicted molar refractivity (Wildman–Crippen MR) is 67.6 cm³/mol. The fourth-order valence-corrected chi connectivity index (χ4v) is 2.25. The number of ether oxygens (including phenoxy) is 1. The standard InChI is InChI=1S/C13H15FN4O/c14-11-5-10(6-12-9-19-4-3-15-12)7-13(8-11)18-16-1-2-17-18/h1-2,5,7-8,12,15H,3-4,6,9H2. The third kappa shape index (κ3) is 2.97. The minimum atomic E-state index is -0.276. The second-order valence-electron chi connectivity index (χ2n) is 4.57. The van der Waals surface area contributed by atoms with E-state index in [0.717, 1.165) is 25.1 Å². The molecule has 6 heteroatoms. The van der Waals surface area contributed by atoms with Gasteiger partial charge in [-0.15, -0.1) is 0 Å². The van der Waals surface area contributed by atoms with Crippen LogP contribution in [0.1, 0.15) is 5.56 Å². The van der Waals surface area contributed by atoms with Crippen LogP contribution in [0.2, 0.25) is 0 Å². The van der Waals surface area contributed by atoms with Gasteiger partial charge in [0.25, 0.3) is 0 Å². The van der Waals surface area contributed by atoms with Crippen molar-refractivity contribution in [3.63, 3.8) is 0 Å². The van der Waals surface area contributed by atoms with Crippen LogP contribution in [0.3, 0.4) is 0 Å². The Balaban J connectivity index is 1.81. The molecule has 1 aliphatic heterocycles. The zero-order valence-corrected chi connectivity index (χ0v) is 10.4. The Kier molecular flexibility index (Phi) is 3.52. The lowest BCUT2D eigenvalue weighted by atomic mass is 10.0. The molecule has 1 aliphatic rings. The van der Waals surface area contributed by atoms with Crippen molar-refractivity contribution in [2.45, 2.75) is 12.5 Å². The molecule has 0 bridgehead atoms. The van der Waals surface area contributed by atoms with Crippen molar-refractivity contribution in [3.05, 3.63) is 42.0 Å². The van der Waals surface area contributed by atoms with Gasteiger partial charge in [-0.25, -0.2) is 4.39 Å². The van der Waals surface area contributed by atoms with Crippen LogP contribution in [-0.4, -0.2) is 40.8 Å². The van der Waals surface area contributed by atoms with E-state index in [4.69, 9.17) is 4.74 Å². The highest BCUT2D eigenvalue weighted by Gasteiger charge is 2.14. The summed E-state index contributed by atoms with van der Waals surface area (Å²) in [6, 6.07) is 5.10. The van der Waals surface area contributed by atoms with Gasteiger partial charge >= 0.3 is 0 Å². The zero-order valence-electron chi connectivity index (χ0n) is 10.4. The van der Waals surface area contributed by atoms with Gasteiger partial charge in [0.05, 0.1) is 31.3 Å². The van der Waals surface area contributed by atoms with Crippen molar-refractivity contribution < 1.29 is 9.13 Å². The Labute approximate surface area is 110 Å². The maximum Gasteiger partial charge on any atom is 0.125 e. The number of rotatable bonds is 3. The number of hydrogen-bond acceptors (Lipinski definition) is 4. The Morgan fingerprint density at radius 2 is 2.16 bits per heavy atom. The number of morpholine rings is 1. The zero-order chi connectivity index (χ0) is 13.1. The van der Waals surface area contributed by atoms with Crippen LogP contribution < -0.4 is 5.32 Å². The van der Waals surface area contributed by atoms with Crippen molar-refractivity contribution >= 4 is 0 Å². The second-order valence-corrected chi connectivity index (χ2v) is 4.57. The SMILES string of the molecule is Fc1cc(CC2COCCN2)cc(-n2nccn2)c1. The third-order valence-electron chi connectivity index (χ3n) is 3.07. The first-order valence-corrected chi connectivity index (χ1v) is 6.28. The van der Waals surface area contributed by atoms with Crippen LogP contribution in [0, 0.1) is 5.82 Å². The molecule has 100 valence electrons. The number of benzene rings is 1. The Bertz CT molecular complexity index is 538. The summed E-state index contributed by atoms with van der Waals surface area (Å²) >= 11 is 0. The lowest BCUT2D eigenvalue weighted by molar-refractivity contribution is 0.0770. The van der Waals surface area contributed by atoms with Gasteiger partial charge in [-0.3, -0.25) is 0 Å². The number of halogens is 1. The number of nitrogens with zero attached hydrogens (tertiary/aromatic N) is 3. The largest absolute Gasteiger partial charge is 0.379 e. The van der Waals surface area contributed by atoms with Gasteiger partial charge in [0.1, 0.15) is 5.82 Å². The molecule has 0 saturated carbocycles. The topological polar surface area (TPSA) is 52.0 Å². The smallest absolute Gasteiger partial charge is 0.125 e. The highest BCUT2D eigenvalue weighted by molar-refractivity contribution is 5.35. The minimum Gasteiger partial charge on any atom is -0.379 e. The van der Waals surface area contributed by atoms with Crippen molar-refractivity contribution in [3.8, 4) is 5.69 Å². The van der Waals surface area contributed by atoms with Gasteiger partial charge in [0, 0.05) is 18.7 Å². The molecule has 1 fully saturated rings. The van der Waals surface area contributed by atoms with E-state index in [0.29, 0.717) is 12.3 Å². The summed E-state index contributed by atoms with van der Waals surface area (Å²) < 4.78 is 19.1. The molecule has 19 heavy (non-hydrogen) atoms. The van der Waals surface area contributed by atoms with Gasteiger partial charge in [0.15, 0.2) is 0 Å². The van der Waals surface area contributed by atoms with Crippen molar-refractivity contribution in [2.75, 3.05) is 19.8 Å². The summed E-state index contributed by atoms with van der Waals surface area (Å²) in [6.45, 7) is 2.24. The normalized spacial score (nSPS) is 19.5. The molecule has 1 unspecified atom stereocenters. The summed E-state index contributed by atoms with van der Waals surface area (Å²) in [5.41, 5.74) is 1.55. The highest BCUT2D eigenvalue weighted by Crippen LogP contribution is 2.14. The third-order valence-corrected chi connectivity index (χ3v) is 3.07. The first kappa shape index (κ1) is 12.3. The van der Waals surface area contributed by atoms with Gasteiger partial charge < -0.3 is 10.1 Å². The fourth-order valence-electron chi connectivity index (χ4n) is 2.25. The quantitative estimate of drug-likeness (QED) is 0.894. The molecule has 0 amide bonds. The molecule has 1 aromatic carbocycles. The number of nitrogens with one attached hydrogen (secondary N) is 1. The molecule has 0 spiro atoms. The molecular weight excluding hydrogens is 247 g/mol. The second kappa shape index (κ2) is 5.46. The van der Waals surface area contributed by atoms with E-state index in [1.807, 2.05) is 6.07 Å². The van der Waals surface area contributed by atoms with Crippen LogP contribution in [0.4, 0.5) is 4.39 Å². The average molecular weight is 262 g/mol. The highest BCUT2D eigenvalue weighted by atomic mass is 19.1. The lowest BCUT2D eigenvalue weighted by Gasteiger charge is -2.23. The molecule has 0 aliphatic carbocycles. The molecule has 3 rings (SSSR count). The molecule has 2 heterocycles. The van der Waals surface area contributed by atoms with Crippen molar-refractivity contribution in [1.82, 2.24) is 20.3 Å². The molecule has 2 aromatic rings. The van der Waals surface area contributed by atoms with Gasteiger partial charge in [-0.1, -0.05) is 0 Å². The van der Waals surface area contributed by atoms with E-state index in [2.05, 4.69) is 15.5 Å². The predicted octanol–water partition coefficient (Wildman–Crippen LogP) is 0.937. The Morgan fingerprint density at radius 1 is 1.32 bits per heavy atom. The summed E-state index contributed by atoms with van der Waals surface area (Å²) in [7, 11) is 0. The lowest BCUT2D eigenvalue weighted by Crippen LogP contribution is -2.42. The average Bonchev–Trinajstić information content (AvgIpc) is 2.93. The fraction of sp³-hybridized carbons (Fsp3) is 0.385. The minimum absolute atomic E-state index is 0.231. The van der Waals surface area contributed by atoms with Crippen molar-refractivity contribution in [2.24, 2.45) is 0 Å². The van der Waals surface area contributed by atoms with Gasteiger partial charge in [-0.2, -0.15) is 15.0 Å². The van der Waals surface area contributed by atoms with E-state index < -0.39 is 0 Å². The van der Waals surface area contributed by atoms with Crippen LogP contribution >= 0.6 is 0 Å². The molecule has 5 nitrogen and oxygen atoms in total. The Hall–Kier alpha value is -1.79. The van der Waals surface area contributed by atoms with Crippen LogP contribution in [0.5, 0.6) is 0 Å². The maximum absolute atomic E-state index is 13.7. The first-order chi connectivity index (χ1) is 9.31. The summed E-state index contributed by atoms with van der Waals surface area (Å²) in [6.07, 6.45) is 3.87. The molecule has 1 N–H and O–H groups in total. The molecule has 0 radical (unpaired) electrons. The molecule has 1 aromatic heterocycles. The number of aromatic nitrogens is 3.